The molecule has 5 nitrogen and oxygen atoms in total. The van der Waals surface area contributed by atoms with Gasteiger partial charge >= 0.3 is 0 Å². The number of benzene rings is 1. The molecule has 0 amide bonds. The molecule has 1 aliphatic heterocycles. The van der Waals surface area contributed by atoms with Crippen molar-refractivity contribution in [3.8, 4) is 6.07 Å². The Hall–Kier alpha value is -2.74. The van der Waals surface area contributed by atoms with Gasteiger partial charge in [0.25, 0.3) is 0 Å². The molecule has 20 heavy (non-hydrogen) atoms. The van der Waals surface area contributed by atoms with Gasteiger partial charge < -0.3 is 15.5 Å². The summed E-state index contributed by atoms with van der Waals surface area (Å²) in [5, 5.41) is 8.89. The first-order valence-electron chi connectivity index (χ1n) is 6.44. The number of likely N-dealkylation sites (N-methyl/N-ethyl adjacent to an activating group) is 1. The van der Waals surface area contributed by atoms with Crippen LogP contribution in [0.1, 0.15) is 5.56 Å². The van der Waals surface area contributed by atoms with E-state index in [0.29, 0.717) is 17.1 Å². The van der Waals surface area contributed by atoms with E-state index in [1.165, 1.54) is 0 Å². The lowest BCUT2D eigenvalue weighted by Crippen LogP contribution is -2.37. The Morgan fingerprint density at radius 3 is 2.70 bits per heavy atom. The average Bonchev–Trinajstić information content (AvgIpc) is 2.48. The monoisotopic (exact) mass is 265 g/mol. The second-order valence-corrected chi connectivity index (χ2v) is 4.81. The summed E-state index contributed by atoms with van der Waals surface area (Å²) < 4.78 is 0. The number of nitriles is 1. The summed E-state index contributed by atoms with van der Waals surface area (Å²) in [4.78, 5) is 8.67. The molecule has 2 N–H and O–H groups in total. The number of nitrogen functional groups attached to an aromatic ring is 1. The third-order valence-corrected chi connectivity index (χ3v) is 3.52. The normalized spacial score (nSPS) is 13.8. The number of aromatic nitrogens is 1. The van der Waals surface area contributed by atoms with Gasteiger partial charge in [-0.25, -0.2) is 4.98 Å². The quantitative estimate of drug-likeness (QED) is 0.855. The van der Waals surface area contributed by atoms with Crippen molar-refractivity contribution in [2.75, 3.05) is 35.7 Å². The molecular weight excluding hydrogens is 250 g/mol. The number of para-hydroxylation sites is 2. The molecule has 3 rings (SSSR count). The molecule has 2 heterocycles. The molecule has 1 aromatic heterocycles. The predicted octanol–water partition coefficient (Wildman–Crippen LogP) is 2.12. The van der Waals surface area contributed by atoms with E-state index in [2.05, 4.69) is 40.0 Å². The predicted molar refractivity (Wildman–Crippen MR) is 80.1 cm³/mol. The number of rotatable bonds is 1. The van der Waals surface area contributed by atoms with E-state index in [9.17, 15) is 0 Å². The highest BCUT2D eigenvalue weighted by atomic mass is 15.3. The molecule has 1 aromatic carbocycles. The maximum Gasteiger partial charge on any atom is 0.156 e. The van der Waals surface area contributed by atoms with Crippen LogP contribution in [0.4, 0.5) is 22.9 Å². The van der Waals surface area contributed by atoms with Crippen LogP contribution in [-0.4, -0.2) is 25.1 Å². The topological polar surface area (TPSA) is 69.2 Å². The van der Waals surface area contributed by atoms with Gasteiger partial charge in [0.1, 0.15) is 6.07 Å². The SMILES string of the molecule is CN1CCN(c2ncc(C#N)cc2N)c2ccccc21. The first-order valence-corrected chi connectivity index (χ1v) is 6.44. The largest absolute Gasteiger partial charge is 0.396 e. The highest BCUT2D eigenvalue weighted by Gasteiger charge is 2.23. The maximum absolute atomic E-state index is 8.89. The Morgan fingerprint density at radius 2 is 2.00 bits per heavy atom. The minimum absolute atomic E-state index is 0.480. The van der Waals surface area contributed by atoms with E-state index in [1.54, 1.807) is 12.3 Å². The van der Waals surface area contributed by atoms with E-state index in [1.807, 2.05) is 12.1 Å². The molecular formula is C15H15N5. The summed E-state index contributed by atoms with van der Waals surface area (Å²) in [6.07, 6.45) is 1.56. The van der Waals surface area contributed by atoms with Gasteiger partial charge in [-0.1, -0.05) is 12.1 Å². The Morgan fingerprint density at radius 1 is 1.25 bits per heavy atom. The fourth-order valence-electron chi connectivity index (χ4n) is 2.49. The van der Waals surface area contributed by atoms with Gasteiger partial charge in [-0.3, -0.25) is 0 Å². The molecule has 0 bridgehead atoms. The zero-order valence-electron chi connectivity index (χ0n) is 11.2. The van der Waals surface area contributed by atoms with E-state index in [0.717, 1.165) is 24.5 Å². The molecule has 0 radical (unpaired) electrons. The van der Waals surface area contributed by atoms with E-state index in [-0.39, 0.29) is 0 Å². The lowest BCUT2D eigenvalue weighted by molar-refractivity contribution is 0.814. The van der Waals surface area contributed by atoms with Crippen LogP contribution in [0.15, 0.2) is 36.5 Å². The number of anilines is 4. The van der Waals surface area contributed by atoms with E-state index < -0.39 is 0 Å². The first-order chi connectivity index (χ1) is 9.70. The number of fused-ring (bicyclic) bond motifs is 1. The Kier molecular flexibility index (Phi) is 2.92. The van der Waals surface area contributed by atoms with Gasteiger partial charge in [-0.05, 0) is 18.2 Å². The molecule has 1 aliphatic rings. The summed E-state index contributed by atoms with van der Waals surface area (Å²) in [5.74, 6) is 0.713. The number of nitrogens with zero attached hydrogens (tertiary/aromatic N) is 4. The van der Waals surface area contributed by atoms with Crippen molar-refractivity contribution in [3.05, 3.63) is 42.1 Å². The van der Waals surface area contributed by atoms with Gasteiger partial charge in [0.15, 0.2) is 5.82 Å². The Balaban J connectivity index is 2.08. The van der Waals surface area contributed by atoms with Crippen LogP contribution in [0.5, 0.6) is 0 Å². The van der Waals surface area contributed by atoms with E-state index >= 15 is 0 Å². The number of hydrogen-bond acceptors (Lipinski definition) is 5. The van der Waals surface area contributed by atoms with Crippen LogP contribution in [0.3, 0.4) is 0 Å². The minimum atomic E-state index is 0.480. The second-order valence-electron chi connectivity index (χ2n) is 4.81. The van der Waals surface area contributed by atoms with Gasteiger partial charge in [0.05, 0.1) is 22.6 Å². The van der Waals surface area contributed by atoms with Gasteiger partial charge in [-0.15, -0.1) is 0 Å². The average molecular weight is 265 g/mol. The van der Waals surface area contributed by atoms with Crippen molar-refractivity contribution in [2.45, 2.75) is 0 Å². The number of pyridine rings is 1. The highest BCUT2D eigenvalue weighted by Crippen LogP contribution is 2.37. The third kappa shape index (κ3) is 1.91. The molecule has 0 fully saturated rings. The summed E-state index contributed by atoms with van der Waals surface area (Å²) in [5.41, 5.74) is 9.31. The maximum atomic E-state index is 8.89. The lowest BCUT2D eigenvalue weighted by atomic mass is 10.1. The van der Waals surface area contributed by atoms with Crippen LogP contribution in [0, 0.1) is 11.3 Å². The fraction of sp³-hybridized carbons (Fsp3) is 0.200. The van der Waals surface area contributed by atoms with Crippen molar-refractivity contribution in [1.82, 2.24) is 4.98 Å². The van der Waals surface area contributed by atoms with Crippen LogP contribution in [0.25, 0.3) is 0 Å². The Bertz CT molecular complexity index is 689. The fourth-order valence-corrected chi connectivity index (χ4v) is 2.49. The van der Waals surface area contributed by atoms with E-state index in [4.69, 9.17) is 11.0 Å². The lowest BCUT2D eigenvalue weighted by Gasteiger charge is -2.36. The Labute approximate surface area is 117 Å². The van der Waals surface area contributed by atoms with Crippen LogP contribution in [0.2, 0.25) is 0 Å². The summed E-state index contributed by atoms with van der Waals surface area (Å²) in [6.45, 7) is 1.72. The van der Waals surface area contributed by atoms with Crippen molar-refractivity contribution in [3.63, 3.8) is 0 Å². The molecule has 0 spiro atoms. The summed E-state index contributed by atoms with van der Waals surface area (Å²) in [7, 11) is 2.08. The molecule has 0 saturated heterocycles. The molecule has 0 aliphatic carbocycles. The van der Waals surface area contributed by atoms with Crippen LogP contribution >= 0.6 is 0 Å². The van der Waals surface area contributed by atoms with Gasteiger partial charge in [0.2, 0.25) is 0 Å². The van der Waals surface area contributed by atoms with Gasteiger partial charge in [-0.2, -0.15) is 5.26 Å². The van der Waals surface area contributed by atoms with Crippen LogP contribution < -0.4 is 15.5 Å². The molecule has 100 valence electrons. The zero-order chi connectivity index (χ0) is 14.1. The third-order valence-electron chi connectivity index (χ3n) is 3.52. The second kappa shape index (κ2) is 4.74. The van der Waals surface area contributed by atoms with Crippen molar-refractivity contribution >= 4 is 22.9 Å². The molecule has 0 atom stereocenters. The zero-order valence-corrected chi connectivity index (χ0v) is 11.2. The van der Waals surface area contributed by atoms with Crippen LogP contribution in [-0.2, 0) is 0 Å². The molecule has 2 aromatic rings. The van der Waals surface area contributed by atoms with Gasteiger partial charge in [0, 0.05) is 26.3 Å². The molecule has 0 unspecified atom stereocenters. The highest BCUT2D eigenvalue weighted by molar-refractivity contribution is 5.82. The minimum Gasteiger partial charge on any atom is -0.396 e. The smallest absolute Gasteiger partial charge is 0.156 e. The molecule has 5 heteroatoms. The molecule has 0 saturated carbocycles. The number of nitrogens with two attached hydrogens (primary N) is 1. The summed E-state index contributed by atoms with van der Waals surface area (Å²) >= 11 is 0. The van der Waals surface area contributed by atoms with Crippen molar-refractivity contribution < 1.29 is 0 Å². The van der Waals surface area contributed by atoms with Crippen molar-refractivity contribution in [2.24, 2.45) is 0 Å². The first kappa shape index (κ1) is 12.3. The van der Waals surface area contributed by atoms with Crippen molar-refractivity contribution in [1.29, 1.82) is 5.26 Å². The summed E-state index contributed by atoms with van der Waals surface area (Å²) in [6, 6.07) is 11.9. The number of hydrogen-bond donors (Lipinski definition) is 1. The standard InChI is InChI=1S/C15H15N5/c1-19-6-7-20(14-5-3-2-4-13(14)19)15-12(17)8-11(9-16)10-18-15/h2-5,8,10H,6-7,17H2,1H3.